The van der Waals surface area contributed by atoms with Crippen molar-refractivity contribution in [3.05, 3.63) is 30.3 Å². The van der Waals surface area contributed by atoms with Crippen molar-refractivity contribution >= 4 is 18.4 Å². The van der Waals surface area contributed by atoms with E-state index >= 15 is 0 Å². The predicted molar refractivity (Wildman–Crippen MR) is 81.2 cm³/mol. The smallest absolute Gasteiger partial charge is 0.328 e. The van der Waals surface area contributed by atoms with Crippen molar-refractivity contribution in [3.8, 4) is 5.75 Å². The van der Waals surface area contributed by atoms with E-state index < -0.39 is 0 Å². The van der Waals surface area contributed by atoms with Crippen LogP contribution in [0.15, 0.2) is 30.3 Å². The maximum atomic E-state index is 12.3. The first kappa shape index (κ1) is 15.3. The average molecular weight is 296 g/mol. The number of para-hydroxylation sites is 1. The zero-order valence-electron chi connectivity index (χ0n) is 11.8. The van der Waals surface area contributed by atoms with E-state index in [4.69, 9.17) is 4.74 Å². The maximum Gasteiger partial charge on any atom is 0.328 e. The van der Waals surface area contributed by atoms with Gasteiger partial charge in [0.15, 0.2) is 0 Å². The summed E-state index contributed by atoms with van der Waals surface area (Å²) < 4.78 is 5.49. The van der Waals surface area contributed by atoms with Gasteiger partial charge in [-0.25, -0.2) is 4.79 Å². The van der Waals surface area contributed by atoms with Crippen LogP contribution in [0.1, 0.15) is 32.1 Å². The van der Waals surface area contributed by atoms with Gasteiger partial charge in [-0.2, -0.15) is 0 Å². The number of likely N-dealkylation sites (tertiary alicyclic amines) is 1. The number of ether oxygens (including phenoxy) is 1. The van der Waals surface area contributed by atoms with Gasteiger partial charge in [0.05, 0.1) is 0 Å². The summed E-state index contributed by atoms with van der Waals surface area (Å²) in [4.78, 5) is 14.5. The number of halogens is 1. The van der Waals surface area contributed by atoms with E-state index in [1.165, 1.54) is 25.7 Å². The van der Waals surface area contributed by atoms with E-state index in [1.54, 1.807) is 0 Å². The van der Waals surface area contributed by atoms with Gasteiger partial charge in [-0.3, -0.25) is 4.90 Å². The van der Waals surface area contributed by atoms with Crippen LogP contribution >= 0.6 is 12.4 Å². The van der Waals surface area contributed by atoms with Crippen molar-refractivity contribution in [2.45, 2.75) is 44.2 Å². The van der Waals surface area contributed by atoms with E-state index in [0.29, 0.717) is 17.7 Å². The first-order valence-electron chi connectivity index (χ1n) is 7.24. The van der Waals surface area contributed by atoms with Gasteiger partial charge in [-0.15, -0.1) is 12.4 Å². The molecule has 4 heteroatoms. The molecule has 1 aliphatic heterocycles. The molecule has 1 aromatic rings. The highest BCUT2D eigenvalue weighted by atomic mass is 35.5. The highest BCUT2D eigenvalue weighted by Gasteiger charge is 2.43. The summed E-state index contributed by atoms with van der Waals surface area (Å²) in [6.45, 7) is 0. The third kappa shape index (κ3) is 2.99. The Morgan fingerprint density at radius 1 is 1.20 bits per heavy atom. The molecule has 0 aromatic heterocycles. The first-order valence-corrected chi connectivity index (χ1v) is 7.24. The van der Waals surface area contributed by atoms with Crippen LogP contribution in [0, 0.1) is 5.92 Å². The molecule has 0 N–H and O–H groups in total. The third-order valence-corrected chi connectivity index (χ3v) is 4.64. The Morgan fingerprint density at radius 3 is 2.60 bits per heavy atom. The van der Waals surface area contributed by atoms with Crippen LogP contribution in [0.3, 0.4) is 0 Å². The number of likely N-dealkylation sites (N-methyl/N-ethyl adjacent to an activating group) is 1. The zero-order chi connectivity index (χ0) is 13.2. The summed E-state index contributed by atoms with van der Waals surface area (Å²) in [7, 11) is 2.08. The van der Waals surface area contributed by atoms with Crippen molar-refractivity contribution in [2.75, 3.05) is 7.05 Å². The zero-order valence-corrected chi connectivity index (χ0v) is 12.6. The van der Waals surface area contributed by atoms with Crippen LogP contribution in [-0.4, -0.2) is 30.0 Å². The summed E-state index contributed by atoms with van der Waals surface area (Å²) >= 11 is 0. The number of hydrogen-bond donors (Lipinski definition) is 0. The molecule has 1 aromatic carbocycles. The topological polar surface area (TPSA) is 29.5 Å². The molecule has 0 bridgehead atoms. The fourth-order valence-corrected chi connectivity index (χ4v) is 3.62. The normalized spacial score (nSPS) is 29.4. The van der Waals surface area contributed by atoms with Crippen LogP contribution in [0.5, 0.6) is 5.75 Å². The minimum atomic E-state index is -0.0944. The molecular formula is C16H22ClNO2. The summed E-state index contributed by atoms with van der Waals surface area (Å²) in [6.07, 6.45) is 6.08. The van der Waals surface area contributed by atoms with Gasteiger partial charge >= 0.3 is 5.97 Å². The average Bonchev–Trinajstić information content (AvgIpc) is 2.78. The van der Waals surface area contributed by atoms with Gasteiger partial charge in [-0.1, -0.05) is 31.0 Å². The van der Waals surface area contributed by atoms with Crippen molar-refractivity contribution in [1.82, 2.24) is 4.90 Å². The number of benzene rings is 1. The molecule has 2 fully saturated rings. The van der Waals surface area contributed by atoms with Gasteiger partial charge in [0.2, 0.25) is 0 Å². The van der Waals surface area contributed by atoms with E-state index in [2.05, 4.69) is 11.9 Å². The lowest BCUT2D eigenvalue weighted by Gasteiger charge is -2.30. The fourth-order valence-electron chi connectivity index (χ4n) is 3.62. The number of esters is 1. The number of nitrogens with zero attached hydrogens (tertiary/aromatic N) is 1. The molecule has 3 atom stereocenters. The molecule has 3 nitrogen and oxygen atoms in total. The lowest BCUT2D eigenvalue weighted by Crippen LogP contribution is -2.40. The lowest BCUT2D eigenvalue weighted by atomic mass is 9.85. The minimum Gasteiger partial charge on any atom is -0.425 e. The molecule has 3 rings (SSSR count). The number of rotatable bonds is 2. The largest absolute Gasteiger partial charge is 0.425 e. The van der Waals surface area contributed by atoms with Gasteiger partial charge in [0, 0.05) is 6.04 Å². The standard InChI is InChI=1S/C16H21NO2.ClH/c1-17-14-10-6-5-7-12(14)11-15(17)16(18)19-13-8-3-2-4-9-13;/h2-4,8-9,12,14-15H,5-7,10-11H2,1H3;1H/t12-,14+,15+;/m1./s1. The molecule has 1 saturated carbocycles. The molecule has 0 spiro atoms. The molecule has 0 radical (unpaired) electrons. The minimum absolute atomic E-state index is 0. The van der Waals surface area contributed by atoms with Gasteiger partial charge in [0.25, 0.3) is 0 Å². The molecule has 1 heterocycles. The van der Waals surface area contributed by atoms with Crippen LogP contribution in [0.25, 0.3) is 0 Å². The Balaban J connectivity index is 0.00000147. The second-order valence-electron chi connectivity index (χ2n) is 5.76. The van der Waals surface area contributed by atoms with E-state index in [-0.39, 0.29) is 24.4 Å². The highest BCUT2D eigenvalue weighted by molar-refractivity contribution is 5.85. The Labute approximate surface area is 126 Å². The summed E-state index contributed by atoms with van der Waals surface area (Å²) in [6, 6.07) is 9.89. The second kappa shape index (κ2) is 6.59. The van der Waals surface area contributed by atoms with Crippen molar-refractivity contribution in [2.24, 2.45) is 5.92 Å². The van der Waals surface area contributed by atoms with E-state index in [0.717, 1.165) is 6.42 Å². The van der Waals surface area contributed by atoms with Gasteiger partial charge in [0.1, 0.15) is 11.8 Å². The molecule has 110 valence electrons. The van der Waals surface area contributed by atoms with Gasteiger partial charge < -0.3 is 4.74 Å². The number of fused-ring (bicyclic) bond motifs is 1. The second-order valence-corrected chi connectivity index (χ2v) is 5.76. The van der Waals surface area contributed by atoms with Gasteiger partial charge in [-0.05, 0) is 44.4 Å². The van der Waals surface area contributed by atoms with E-state index in [9.17, 15) is 4.79 Å². The molecule has 2 aliphatic rings. The quantitative estimate of drug-likeness (QED) is 0.619. The number of carbonyl (C=O) groups is 1. The molecule has 1 aliphatic carbocycles. The van der Waals surface area contributed by atoms with Crippen LogP contribution < -0.4 is 4.74 Å². The molecule has 1 saturated heterocycles. The molecule has 0 unspecified atom stereocenters. The highest BCUT2D eigenvalue weighted by Crippen LogP contribution is 2.39. The van der Waals surface area contributed by atoms with Crippen LogP contribution in [0.4, 0.5) is 0 Å². The predicted octanol–water partition coefficient (Wildman–Crippen LogP) is 3.28. The summed E-state index contributed by atoms with van der Waals surface area (Å²) in [5.74, 6) is 1.24. The van der Waals surface area contributed by atoms with Crippen molar-refractivity contribution < 1.29 is 9.53 Å². The summed E-state index contributed by atoms with van der Waals surface area (Å²) in [5, 5.41) is 0. The fraction of sp³-hybridized carbons (Fsp3) is 0.562. The molecule has 20 heavy (non-hydrogen) atoms. The SMILES string of the molecule is CN1[C@H](C(=O)Oc2ccccc2)C[C@H]2CCCC[C@@H]21.Cl. The summed E-state index contributed by atoms with van der Waals surface area (Å²) in [5.41, 5.74) is 0. The van der Waals surface area contributed by atoms with Crippen molar-refractivity contribution in [1.29, 1.82) is 0 Å². The molecule has 0 amide bonds. The lowest BCUT2D eigenvalue weighted by molar-refractivity contribution is -0.139. The monoisotopic (exact) mass is 295 g/mol. The Bertz CT molecular complexity index is 451. The number of carbonyl (C=O) groups excluding carboxylic acids is 1. The Hall–Kier alpha value is -1.06. The third-order valence-electron chi connectivity index (χ3n) is 4.64. The van der Waals surface area contributed by atoms with E-state index in [1.807, 2.05) is 30.3 Å². The van der Waals surface area contributed by atoms with Crippen LogP contribution in [-0.2, 0) is 4.79 Å². The maximum absolute atomic E-state index is 12.3. The molecular weight excluding hydrogens is 274 g/mol. The number of hydrogen-bond acceptors (Lipinski definition) is 3. The Kier molecular flexibility index (Phi) is 5.06. The Morgan fingerprint density at radius 2 is 1.90 bits per heavy atom. The first-order chi connectivity index (χ1) is 9.25. The van der Waals surface area contributed by atoms with Crippen molar-refractivity contribution in [3.63, 3.8) is 0 Å². The van der Waals surface area contributed by atoms with Crippen LogP contribution in [0.2, 0.25) is 0 Å².